The number of likely N-dealkylation sites (tertiary alicyclic amines) is 1. The van der Waals surface area contributed by atoms with Gasteiger partial charge in [0.25, 0.3) is 0 Å². The maximum Gasteiger partial charge on any atom is 0.407 e. The normalized spacial score (nSPS) is 36.3. The lowest BCUT2D eigenvalue weighted by molar-refractivity contribution is -0.125. The van der Waals surface area contributed by atoms with Gasteiger partial charge in [0.05, 0.1) is 49.1 Å². The average Bonchev–Trinajstić information content (AvgIpc) is 3.68. The van der Waals surface area contributed by atoms with Crippen LogP contribution in [0.2, 0.25) is 0 Å². The zero-order valence-corrected chi connectivity index (χ0v) is 25.5. The summed E-state index contributed by atoms with van der Waals surface area (Å²) in [5, 5.41) is 12.6. The topological polar surface area (TPSA) is 144 Å². The molecule has 10 nitrogen and oxygen atoms in total. The fourth-order valence-electron chi connectivity index (χ4n) is 6.69. The first-order valence-corrected chi connectivity index (χ1v) is 15.5. The number of hydrogen-bond donors (Lipinski definition) is 3. The van der Waals surface area contributed by atoms with Crippen LogP contribution in [0, 0.1) is 11.8 Å². The molecule has 0 bridgehead atoms. The van der Waals surface area contributed by atoms with Crippen molar-refractivity contribution in [3.63, 3.8) is 0 Å². The third-order valence-electron chi connectivity index (χ3n) is 9.26. The number of rotatable bonds is 10. The fraction of sp³-hybridized carbons (Fsp3) is 0.719. The van der Waals surface area contributed by atoms with Crippen molar-refractivity contribution < 1.29 is 33.7 Å². The molecule has 42 heavy (non-hydrogen) atoms. The second-order valence-corrected chi connectivity index (χ2v) is 12.9. The molecule has 0 aliphatic carbocycles. The monoisotopic (exact) mass is 587 g/mol. The number of carbonyl (C=O) groups is 3. The maximum absolute atomic E-state index is 12.7. The van der Waals surface area contributed by atoms with Gasteiger partial charge in [-0.2, -0.15) is 0 Å². The summed E-state index contributed by atoms with van der Waals surface area (Å²) in [4.78, 5) is 37.2. The molecule has 4 heterocycles. The minimum atomic E-state index is -0.891. The highest BCUT2D eigenvalue weighted by Gasteiger charge is 2.51. The van der Waals surface area contributed by atoms with Crippen molar-refractivity contribution in [1.29, 1.82) is 0 Å². The zero-order valence-electron chi connectivity index (χ0n) is 25.5. The molecular weight excluding hydrogens is 538 g/mol. The number of piperidine rings is 1. The van der Waals surface area contributed by atoms with E-state index in [1.807, 2.05) is 26.0 Å². The van der Waals surface area contributed by atoms with E-state index in [-0.39, 0.29) is 72.2 Å². The van der Waals surface area contributed by atoms with E-state index in [4.69, 9.17) is 19.9 Å². The number of nitrogens with two attached hydrogens (primary N) is 1. The number of allylic oxidation sites excluding steroid dienone is 2. The smallest absolute Gasteiger partial charge is 0.407 e. The number of epoxide rings is 1. The Kier molecular flexibility index (Phi) is 10.9. The molecule has 0 saturated carbocycles. The minimum absolute atomic E-state index is 0.0380. The van der Waals surface area contributed by atoms with Crippen molar-refractivity contribution >= 4 is 17.9 Å². The van der Waals surface area contributed by atoms with E-state index in [9.17, 15) is 19.5 Å². The summed E-state index contributed by atoms with van der Waals surface area (Å²) in [5.41, 5.74) is 6.33. The summed E-state index contributed by atoms with van der Waals surface area (Å²) in [5.74, 6) is -0.308. The van der Waals surface area contributed by atoms with E-state index in [1.54, 1.807) is 6.08 Å². The average molecular weight is 588 g/mol. The van der Waals surface area contributed by atoms with E-state index in [1.165, 1.54) is 4.90 Å². The number of carboxylic acid groups (broad SMARTS) is 1. The second kappa shape index (κ2) is 14.2. The minimum Gasteiger partial charge on any atom is -0.465 e. The summed E-state index contributed by atoms with van der Waals surface area (Å²) < 4.78 is 18.1. The van der Waals surface area contributed by atoms with Gasteiger partial charge < -0.3 is 35.3 Å². The molecule has 0 aromatic heterocycles. The van der Waals surface area contributed by atoms with E-state index in [0.717, 1.165) is 44.1 Å². The molecule has 4 aliphatic rings. The summed E-state index contributed by atoms with van der Waals surface area (Å²) >= 11 is 0. The molecule has 9 atom stereocenters. The maximum atomic E-state index is 12.7. The van der Waals surface area contributed by atoms with E-state index < -0.39 is 6.09 Å². The van der Waals surface area contributed by atoms with Gasteiger partial charge in [0.15, 0.2) is 0 Å². The van der Waals surface area contributed by atoms with Crippen LogP contribution in [0.5, 0.6) is 0 Å². The van der Waals surface area contributed by atoms with Crippen LogP contribution < -0.4 is 11.1 Å². The molecule has 4 N–H and O–H groups in total. The van der Waals surface area contributed by atoms with Gasteiger partial charge in [0.2, 0.25) is 11.8 Å². The van der Waals surface area contributed by atoms with Crippen LogP contribution in [0.4, 0.5) is 4.79 Å². The summed E-state index contributed by atoms with van der Waals surface area (Å²) in [6.07, 6.45) is 14.4. The Labute approximate surface area is 249 Å². The standard InChI is InChI=1S/C32H49N3O7/c1-20(8-11-24-17-32(19-40-32)18-25(42-24)16-29(33)36)9-12-28-22(3)15-26(23(4)41-28)34-30(37)13-10-21(2)27-7-5-6-14-35(27)31(38)39/h8-11,13,21-28H,5-7,12,14-19H2,1-4H3,(H2,33,36)(H,34,37)(H,38,39)/b11-8+,13-10-,20-9+/t21?,22-,23+,24+,25+,26+,27-,28-,32+/m0/s1. The van der Waals surface area contributed by atoms with Crippen LogP contribution in [0.1, 0.15) is 79.1 Å². The van der Waals surface area contributed by atoms with Gasteiger partial charge in [-0.1, -0.05) is 43.7 Å². The quantitative estimate of drug-likeness (QED) is 0.198. The van der Waals surface area contributed by atoms with Crippen molar-refractivity contribution in [1.82, 2.24) is 10.2 Å². The van der Waals surface area contributed by atoms with E-state index >= 15 is 0 Å². The van der Waals surface area contributed by atoms with E-state index in [2.05, 4.69) is 31.3 Å². The molecule has 0 aromatic rings. The molecule has 4 saturated heterocycles. The number of hydrogen-bond acceptors (Lipinski definition) is 6. The highest BCUT2D eigenvalue weighted by atomic mass is 16.6. The molecule has 4 aliphatic heterocycles. The highest BCUT2D eigenvalue weighted by molar-refractivity contribution is 5.87. The van der Waals surface area contributed by atoms with Gasteiger partial charge in [0.1, 0.15) is 0 Å². The SMILES string of the molecule is CC(/C=C/[C@@H]1C[C@]2(CO2)C[C@@H](CC(N)=O)O1)=C\C[C@@H]1O[C@H](C)[C@H](NC(=O)/C=C\C(C)[C@@H]2CCCCN2C(=O)O)C[C@@H]1C. The van der Waals surface area contributed by atoms with Crippen LogP contribution >= 0.6 is 0 Å². The Morgan fingerprint density at radius 2 is 1.93 bits per heavy atom. The van der Waals surface area contributed by atoms with Gasteiger partial charge in [0, 0.05) is 25.4 Å². The van der Waals surface area contributed by atoms with Gasteiger partial charge in [-0.3, -0.25) is 9.59 Å². The first-order valence-electron chi connectivity index (χ1n) is 15.5. The third kappa shape index (κ3) is 8.91. The number of carbonyl (C=O) groups excluding carboxylic acids is 2. The number of amides is 3. The lowest BCUT2D eigenvalue weighted by Crippen LogP contribution is -2.50. The van der Waals surface area contributed by atoms with Crippen molar-refractivity contribution in [2.45, 2.75) is 121 Å². The largest absolute Gasteiger partial charge is 0.465 e. The molecule has 4 fully saturated rings. The highest BCUT2D eigenvalue weighted by Crippen LogP contribution is 2.43. The first-order chi connectivity index (χ1) is 19.9. The Hall–Kier alpha value is -2.69. The Morgan fingerprint density at radius 3 is 2.62 bits per heavy atom. The molecule has 0 aromatic carbocycles. The molecule has 0 radical (unpaired) electrons. The molecule has 4 rings (SSSR count). The van der Waals surface area contributed by atoms with Crippen molar-refractivity contribution in [2.24, 2.45) is 17.6 Å². The van der Waals surface area contributed by atoms with Gasteiger partial charge in [-0.25, -0.2) is 4.79 Å². The second-order valence-electron chi connectivity index (χ2n) is 12.9. The fourth-order valence-corrected chi connectivity index (χ4v) is 6.69. The van der Waals surface area contributed by atoms with Gasteiger partial charge >= 0.3 is 6.09 Å². The van der Waals surface area contributed by atoms with Crippen molar-refractivity contribution in [3.8, 4) is 0 Å². The molecule has 1 unspecified atom stereocenters. The lowest BCUT2D eigenvalue weighted by atomic mass is 9.88. The number of nitrogens with one attached hydrogen (secondary N) is 1. The molecule has 3 amide bonds. The van der Waals surface area contributed by atoms with Crippen molar-refractivity contribution in [2.75, 3.05) is 13.2 Å². The summed E-state index contributed by atoms with van der Waals surface area (Å²) in [6, 6.07) is -0.185. The third-order valence-corrected chi connectivity index (χ3v) is 9.26. The van der Waals surface area contributed by atoms with Crippen LogP contribution in [0.3, 0.4) is 0 Å². The predicted molar refractivity (Wildman–Crippen MR) is 159 cm³/mol. The van der Waals surface area contributed by atoms with Crippen LogP contribution in [-0.4, -0.2) is 83.2 Å². The number of nitrogens with zero attached hydrogens (tertiary/aromatic N) is 1. The molecular formula is C32H49N3O7. The zero-order chi connectivity index (χ0) is 30.4. The Balaban J connectivity index is 1.23. The molecule has 234 valence electrons. The summed E-state index contributed by atoms with van der Waals surface area (Å²) in [6.45, 7) is 9.44. The van der Waals surface area contributed by atoms with Crippen molar-refractivity contribution in [3.05, 3.63) is 36.0 Å². The number of primary amides is 1. The summed E-state index contributed by atoms with van der Waals surface area (Å²) in [7, 11) is 0. The van der Waals surface area contributed by atoms with E-state index in [0.29, 0.717) is 19.6 Å². The lowest BCUT2D eigenvalue weighted by Gasteiger charge is -2.39. The van der Waals surface area contributed by atoms with Crippen LogP contribution in [-0.2, 0) is 23.8 Å². The Morgan fingerprint density at radius 1 is 1.17 bits per heavy atom. The first kappa shape index (κ1) is 32.2. The molecule has 10 heteroatoms. The Bertz CT molecular complexity index is 1070. The van der Waals surface area contributed by atoms with Crippen LogP contribution in [0.25, 0.3) is 0 Å². The molecule has 1 spiro atoms. The van der Waals surface area contributed by atoms with Gasteiger partial charge in [-0.15, -0.1) is 0 Å². The van der Waals surface area contributed by atoms with Crippen LogP contribution in [0.15, 0.2) is 36.0 Å². The number of ether oxygens (including phenoxy) is 3. The predicted octanol–water partition coefficient (Wildman–Crippen LogP) is 4.09. The van der Waals surface area contributed by atoms with Gasteiger partial charge in [-0.05, 0) is 63.9 Å².